The fraction of sp³-hybridized carbons (Fsp3) is 0.571. The Labute approximate surface area is 117 Å². The Morgan fingerprint density at radius 1 is 1.32 bits per heavy atom. The number of benzene rings is 1. The van der Waals surface area contributed by atoms with Gasteiger partial charge in [0.05, 0.1) is 4.90 Å². The van der Waals surface area contributed by atoms with E-state index in [1.54, 1.807) is 24.3 Å². The Morgan fingerprint density at radius 3 is 2.47 bits per heavy atom. The van der Waals surface area contributed by atoms with Crippen LogP contribution in [0.25, 0.3) is 0 Å². The van der Waals surface area contributed by atoms with E-state index in [0.29, 0.717) is 6.42 Å². The fourth-order valence-electron chi connectivity index (χ4n) is 1.55. The van der Waals surface area contributed by atoms with E-state index in [9.17, 15) is 4.21 Å². The third kappa shape index (κ3) is 5.72. The van der Waals surface area contributed by atoms with Crippen molar-refractivity contribution < 1.29 is 14.1 Å². The summed E-state index contributed by atoms with van der Waals surface area (Å²) in [7, 11) is -1.16. The van der Waals surface area contributed by atoms with E-state index >= 15 is 0 Å². The average Bonchev–Trinajstić information content (AvgIpc) is 2.36. The molecule has 0 saturated carbocycles. The molecule has 0 spiro atoms. The van der Waals surface area contributed by atoms with Gasteiger partial charge in [-0.15, -0.1) is 0 Å². The summed E-state index contributed by atoms with van der Waals surface area (Å²) in [6, 6.07) is 7.20. The highest BCUT2D eigenvalue weighted by Gasteiger charge is 2.18. The maximum Gasteiger partial charge on any atom is 0.124 e. The van der Waals surface area contributed by atoms with Crippen LogP contribution in [-0.2, 0) is 11.0 Å². The van der Waals surface area contributed by atoms with Gasteiger partial charge >= 0.3 is 0 Å². The highest BCUT2D eigenvalue weighted by atomic mass is 32.2. The van der Waals surface area contributed by atoms with E-state index in [1.807, 2.05) is 20.8 Å². The monoisotopic (exact) mass is 285 g/mol. The number of ether oxygens (including phenoxy) is 1. The minimum Gasteiger partial charge on any atom is -0.488 e. The quantitative estimate of drug-likeness (QED) is 0.770. The molecule has 2 N–H and O–H groups in total. The molecule has 4 nitrogen and oxygen atoms in total. The molecule has 1 atom stereocenters. The van der Waals surface area contributed by atoms with Gasteiger partial charge in [-0.2, -0.15) is 0 Å². The standard InChI is InChI=1S/C14H23NO3S/c1-4-10-15-19(17)13-7-5-12(6-8-13)18-14(2,3)9-11-16/h5-8,15-16H,4,9-11H2,1-3H3. The number of aliphatic hydroxyl groups is 1. The summed E-state index contributed by atoms with van der Waals surface area (Å²) in [6.07, 6.45) is 1.51. The summed E-state index contributed by atoms with van der Waals surface area (Å²) < 4.78 is 20.5. The normalized spacial score (nSPS) is 13.3. The number of rotatable bonds is 8. The van der Waals surface area contributed by atoms with Crippen LogP contribution in [0.4, 0.5) is 0 Å². The van der Waals surface area contributed by atoms with Gasteiger partial charge in [-0.3, -0.25) is 0 Å². The van der Waals surface area contributed by atoms with Crippen molar-refractivity contribution in [1.29, 1.82) is 0 Å². The molecule has 5 heteroatoms. The molecule has 0 saturated heterocycles. The first kappa shape index (κ1) is 16.1. The van der Waals surface area contributed by atoms with Gasteiger partial charge in [0, 0.05) is 19.6 Å². The zero-order valence-electron chi connectivity index (χ0n) is 11.8. The van der Waals surface area contributed by atoms with E-state index in [4.69, 9.17) is 9.84 Å². The second-order valence-corrected chi connectivity index (χ2v) is 6.27. The first-order valence-corrected chi connectivity index (χ1v) is 7.68. The van der Waals surface area contributed by atoms with Gasteiger partial charge in [0.15, 0.2) is 0 Å². The number of hydrogen-bond donors (Lipinski definition) is 2. The summed E-state index contributed by atoms with van der Waals surface area (Å²) in [4.78, 5) is 0.737. The molecule has 0 bridgehead atoms. The number of aliphatic hydroxyl groups excluding tert-OH is 1. The Kier molecular flexibility index (Phi) is 6.48. The van der Waals surface area contributed by atoms with Crippen molar-refractivity contribution in [3.8, 4) is 5.75 Å². The molecule has 1 aromatic rings. The van der Waals surface area contributed by atoms with Crippen LogP contribution in [0.15, 0.2) is 29.2 Å². The lowest BCUT2D eigenvalue weighted by Gasteiger charge is -2.25. The molecular weight excluding hydrogens is 262 g/mol. The van der Waals surface area contributed by atoms with E-state index < -0.39 is 16.6 Å². The number of hydrogen-bond acceptors (Lipinski definition) is 3. The van der Waals surface area contributed by atoms with Crippen LogP contribution >= 0.6 is 0 Å². The van der Waals surface area contributed by atoms with Gasteiger partial charge in [-0.05, 0) is 44.5 Å². The summed E-state index contributed by atoms with van der Waals surface area (Å²) in [6.45, 7) is 6.71. The smallest absolute Gasteiger partial charge is 0.124 e. The van der Waals surface area contributed by atoms with Gasteiger partial charge in [-0.25, -0.2) is 8.93 Å². The van der Waals surface area contributed by atoms with Crippen LogP contribution in [-0.4, -0.2) is 28.1 Å². The SMILES string of the molecule is CCCNS(=O)c1ccc(OC(C)(C)CCO)cc1. The van der Waals surface area contributed by atoms with Crippen LogP contribution < -0.4 is 9.46 Å². The molecule has 0 heterocycles. The molecule has 0 fully saturated rings. The van der Waals surface area contributed by atoms with Crippen molar-refractivity contribution >= 4 is 11.0 Å². The summed E-state index contributed by atoms with van der Waals surface area (Å²) in [5, 5.41) is 8.95. The Bertz CT molecular complexity index is 404. The zero-order valence-corrected chi connectivity index (χ0v) is 12.6. The Hall–Kier alpha value is -0.910. The lowest BCUT2D eigenvalue weighted by Crippen LogP contribution is -2.29. The molecule has 0 radical (unpaired) electrons. The molecule has 0 amide bonds. The van der Waals surface area contributed by atoms with Crippen molar-refractivity contribution in [3.63, 3.8) is 0 Å². The van der Waals surface area contributed by atoms with Crippen LogP contribution in [0, 0.1) is 0 Å². The van der Waals surface area contributed by atoms with E-state index in [0.717, 1.165) is 23.6 Å². The largest absolute Gasteiger partial charge is 0.488 e. The lowest BCUT2D eigenvalue weighted by atomic mass is 10.1. The van der Waals surface area contributed by atoms with E-state index in [-0.39, 0.29) is 6.61 Å². The molecule has 0 aromatic heterocycles. The molecule has 1 rings (SSSR count). The second kappa shape index (κ2) is 7.62. The molecule has 19 heavy (non-hydrogen) atoms. The van der Waals surface area contributed by atoms with Crippen LogP contribution in [0.1, 0.15) is 33.6 Å². The van der Waals surface area contributed by atoms with Crippen molar-refractivity contribution in [2.24, 2.45) is 0 Å². The van der Waals surface area contributed by atoms with Crippen molar-refractivity contribution in [2.75, 3.05) is 13.2 Å². The third-order valence-electron chi connectivity index (χ3n) is 2.63. The highest BCUT2D eigenvalue weighted by molar-refractivity contribution is 7.83. The van der Waals surface area contributed by atoms with E-state index in [1.165, 1.54) is 0 Å². The van der Waals surface area contributed by atoms with Crippen molar-refractivity contribution in [1.82, 2.24) is 4.72 Å². The fourth-order valence-corrected chi connectivity index (χ4v) is 2.49. The summed E-state index contributed by atoms with van der Waals surface area (Å²) in [5.41, 5.74) is -0.407. The molecule has 1 unspecified atom stereocenters. The van der Waals surface area contributed by atoms with Crippen LogP contribution in [0.5, 0.6) is 5.75 Å². The van der Waals surface area contributed by atoms with Gasteiger partial charge < -0.3 is 9.84 Å². The number of nitrogens with one attached hydrogen (secondary N) is 1. The highest BCUT2D eigenvalue weighted by Crippen LogP contribution is 2.21. The average molecular weight is 285 g/mol. The molecule has 0 aliphatic carbocycles. The Balaban J connectivity index is 2.63. The van der Waals surface area contributed by atoms with Crippen LogP contribution in [0.3, 0.4) is 0 Å². The zero-order chi connectivity index (χ0) is 14.3. The lowest BCUT2D eigenvalue weighted by molar-refractivity contribution is 0.0764. The molecular formula is C14H23NO3S. The third-order valence-corrected chi connectivity index (χ3v) is 3.80. The van der Waals surface area contributed by atoms with E-state index in [2.05, 4.69) is 4.72 Å². The second-order valence-electron chi connectivity index (χ2n) is 4.97. The molecule has 0 aliphatic rings. The molecule has 0 aliphatic heterocycles. The maximum absolute atomic E-state index is 11.8. The Morgan fingerprint density at radius 2 is 1.95 bits per heavy atom. The molecule has 1 aromatic carbocycles. The maximum atomic E-state index is 11.8. The minimum atomic E-state index is -1.16. The topological polar surface area (TPSA) is 58.6 Å². The first-order valence-electron chi connectivity index (χ1n) is 6.53. The van der Waals surface area contributed by atoms with Gasteiger partial charge in [0.1, 0.15) is 22.3 Å². The first-order chi connectivity index (χ1) is 8.98. The van der Waals surface area contributed by atoms with Gasteiger partial charge in [0.2, 0.25) is 0 Å². The van der Waals surface area contributed by atoms with Crippen molar-refractivity contribution in [3.05, 3.63) is 24.3 Å². The van der Waals surface area contributed by atoms with Gasteiger partial charge in [0.25, 0.3) is 0 Å². The summed E-state index contributed by atoms with van der Waals surface area (Å²) >= 11 is 0. The predicted molar refractivity (Wildman–Crippen MR) is 77.6 cm³/mol. The van der Waals surface area contributed by atoms with Crippen molar-refractivity contribution in [2.45, 2.75) is 44.1 Å². The molecule has 108 valence electrons. The van der Waals surface area contributed by atoms with Gasteiger partial charge in [-0.1, -0.05) is 6.92 Å². The predicted octanol–water partition coefficient (Wildman–Crippen LogP) is 2.25. The van der Waals surface area contributed by atoms with Crippen LogP contribution in [0.2, 0.25) is 0 Å². The minimum absolute atomic E-state index is 0.0933. The summed E-state index contributed by atoms with van der Waals surface area (Å²) in [5.74, 6) is 0.717.